The van der Waals surface area contributed by atoms with Crippen molar-refractivity contribution in [2.45, 2.75) is 70.1 Å². The van der Waals surface area contributed by atoms with Crippen LogP contribution in [0, 0.1) is 0 Å². The van der Waals surface area contributed by atoms with Crippen molar-refractivity contribution in [1.82, 2.24) is 16.0 Å². The van der Waals surface area contributed by atoms with E-state index >= 15 is 0 Å². The summed E-state index contributed by atoms with van der Waals surface area (Å²) in [5.74, 6) is -0.839. The molecule has 1 aliphatic heterocycles. The van der Waals surface area contributed by atoms with Crippen molar-refractivity contribution < 1.29 is 14.7 Å². The van der Waals surface area contributed by atoms with Gasteiger partial charge in [-0.3, -0.25) is 9.59 Å². The quantitative estimate of drug-likeness (QED) is 0.324. The van der Waals surface area contributed by atoms with Crippen molar-refractivity contribution >= 4 is 23.4 Å². The van der Waals surface area contributed by atoms with Crippen LogP contribution in [0.5, 0.6) is 5.75 Å². The van der Waals surface area contributed by atoms with Gasteiger partial charge in [0.15, 0.2) is 0 Å². The molecule has 4 rings (SSSR count). The van der Waals surface area contributed by atoms with Gasteiger partial charge in [-0.05, 0) is 75.4 Å². The molecule has 0 spiro atoms. The van der Waals surface area contributed by atoms with Crippen molar-refractivity contribution in [1.29, 1.82) is 0 Å². The third-order valence-corrected chi connectivity index (χ3v) is 7.18. The molecular weight excluding hydrogens is 498 g/mol. The fraction of sp³-hybridized carbons (Fsp3) is 0.355. The van der Waals surface area contributed by atoms with Gasteiger partial charge in [-0.15, -0.1) is 0 Å². The molecule has 0 saturated carbocycles. The largest absolute Gasteiger partial charge is 0.508 e. The molecular formula is C31H36ClN3O3. The highest BCUT2D eigenvalue weighted by atomic mass is 35.5. The fourth-order valence-electron chi connectivity index (χ4n) is 5.56. The highest BCUT2D eigenvalue weighted by molar-refractivity contribution is 6.34. The highest BCUT2D eigenvalue weighted by Crippen LogP contribution is 2.29. The van der Waals surface area contributed by atoms with Crippen LogP contribution in [-0.2, 0) is 11.2 Å². The van der Waals surface area contributed by atoms with Crippen LogP contribution < -0.4 is 16.0 Å². The van der Waals surface area contributed by atoms with Crippen molar-refractivity contribution in [2.24, 2.45) is 0 Å². The predicted octanol–water partition coefficient (Wildman–Crippen LogP) is 5.48. The molecule has 0 aliphatic carbocycles. The maximum absolute atomic E-state index is 13.6. The standard InChI is InChI=1S/C31H36ClN3O3/c1-30(2)18-23(19-31(3,4)35-30)33-29(38)27(34-28(37)25-17-24(36)14-15-26(25)32)16-20-10-12-22(13-11-20)21-8-6-5-7-9-21/h5-15,17,23,27,35-36H,16,18-19H2,1-4H3,(H,33,38)(H,34,37). The zero-order valence-electron chi connectivity index (χ0n) is 22.3. The third-order valence-electron chi connectivity index (χ3n) is 6.85. The normalized spacial score (nSPS) is 17.4. The summed E-state index contributed by atoms with van der Waals surface area (Å²) in [6.45, 7) is 8.52. The van der Waals surface area contributed by atoms with Gasteiger partial charge in [0.1, 0.15) is 11.8 Å². The maximum Gasteiger partial charge on any atom is 0.253 e. The average molecular weight is 534 g/mol. The minimum atomic E-state index is -0.829. The zero-order valence-corrected chi connectivity index (χ0v) is 23.1. The van der Waals surface area contributed by atoms with Crippen LogP contribution in [0.3, 0.4) is 0 Å². The lowest BCUT2D eigenvalue weighted by molar-refractivity contribution is -0.124. The number of carbonyl (C=O) groups excluding carboxylic acids is 2. The molecule has 1 heterocycles. The van der Waals surface area contributed by atoms with Crippen molar-refractivity contribution in [3.8, 4) is 16.9 Å². The molecule has 1 unspecified atom stereocenters. The van der Waals surface area contributed by atoms with E-state index in [1.807, 2.05) is 54.6 Å². The van der Waals surface area contributed by atoms with Gasteiger partial charge in [0.25, 0.3) is 5.91 Å². The van der Waals surface area contributed by atoms with E-state index in [9.17, 15) is 14.7 Å². The van der Waals surface area contributed by atoms with E-state index < -0.39 is 11.9 Å². The number of amides is 2. The van der Waals surface area contributed by atoms with Gasteiger partial charge in [-0.1, -0.05) is 66.2 Å². The lowest BCUT2D eigenvalue weighted by Gasteiger charge is -2.46. The zero-order chi connectivity index (χ0) is 27.5. The number of rotatable bonds is 7. The number of nitrogens with one attached hydrogen (secondary N) is 3. The first-order valence-electron chi connectivity index (χ1n) is 12.9. The van der Waals surface area contributed by atoms with E-state index in [0.29, 0.717) is 6.42 Å². The second-order valence-corrected chi connectivity index (χ2v) is 11.9. The van der Waals surface area contributed by atoms with Gasteiger partial charge < -0.3 is 21.1 Å². The number of benzene rings is 3. The molecule has 7 heteroatoms. The molecule has 1 fully saturated rings. The molecule has 0 aromatic heterocycles. The van der Waals surface area contributed by atoms with E-state index in [2.05, 4.69) is 43.6 Å². The smallest absolute Gasteiger partial charge is 0.253 e. The summed E-state index contributed by atoms with van der Waals surface area (Å²) in [4.78, 5) is 26.8. The lowest BCUT2D eigenvalue weighted by Crippen LogP contribution is -2.63. The van der Waals surface area contributed by atoms with Crippen LogP contribution in [0.25, 0.3) is 11.1 Å². The number of hydrogen-bond donors (Lipinski definition) is 4. The van der Waals surface area contributed by atoms with Crippen LogP contribution >= 0.6 is 11.6 Å². The van der Waals surface area contributed by atoms with Gasteiger partial charge in [-0.2, -0.15) is 0 Å². The minimum absolute atomic E-state index is 0.0435. The Hall–Kier alpha value is -3.35. The Labute approximate surface area is 229 Å². The van der Waals surface area contributed by atoms with Crippen LogP contribution in [0.2, 0.25) is 5.02 Å². The molecule has 1 aliphatic rings. The third kappa shape index (κ3) is 7.15. The molecule has 4 N–H and O–H groups in total. The maximum atomic E-state index is 13.6. The molecule has 2 amide bonds. The van der Waals surface area contributed by atoms with E-state index in [-0.39, 0.29) is 39.4 Å². The van der Waals surface area contributed by atoms with Crippen LogP contribution in [0.15, 0.2) is 72.8 Å². The Balaban J connectivity index is 1.55. The Bertz CT molecular complexity index is 1270. The number of aromatic hydroxyl groups is 1. The van der Waals surface area contributed by atoms with E-state index in [4.69, 9.17) is 11.6 Å². The van der Waals surface area contributed by atoms with Gasteiger partial charge in [0.2, 0.25) is 5.91 Å². The summed E-state index contributed by atoms with van der Waals surface area (Å²) in [6.07, 6.45) is 1.85. The molecule has 6 nitrogen and oxygen atoms in total. The first-order chi connectivity index (χ1) is 17.9. The van der Waals surface area contributed by atoms with Crippen LogP contribution in [0.4, 0.5) is 0 Å². The van der Waals surface area contributed by atoms with Gasteiger partial charge in [0.05, 0.1) is 10.6 Å². The number of carbonyl (C=O) groups is 2. The van der Waals surface area contributed by atoms with Gasteiger partial charge >= 0.3 is 0 Å². The summed E-state index contributed by atoms with van der Waals surface area (Å²) in [6, 6.07) is 21.4. The van der Waals surface area contributed by atoms with Crippen LogP contribution in [-0.4, -0.2) is 40.1 Å². The first kappa shape index (κ1) is 27.7. The molecule has 0 radical (unpaired) electrons. The van der Waals surface area contributed by atoms with Crippen LogP contribution in [0.1, 0.15) is 56.5 Å². The second kappa shape index (κ2) is 11.2. The van der Waals surface area contributed by atoms with Gasteiger partial charge in [0, 0.05) is 23.5 Å². The van der Waals surface area contributed by atoms with E-state index in [0.717, 1.165) is 29.5 Å². The fourth-order valence-corrected chi connectivity index (χ4v) is 5.76. The molecule has 38 heavy (non-hydrogen) atoms. The monoisotopic (exact) mass is 533 g/mol. The van der Waals surface area contributed by atoms with E-state index in [1.165, 1.54) is 18.2 Å². The first-order valence-corrected chi connectivity index (χ1v) is 13.3. The SMILES string of the molecule is CC1(C)CC(NC(=O)C(Cc2ccc(-c3ccccc3)cc2)NC(=O)c2cc(O)ccc2Cl)CC(C)(C)N1. The summed E-state index contributed by atoms with van der Waals surface area (Å²) in [5, 5.41) is 19.8. The number of phenolic OH excluding ortho intramolecular Hbond substituents is 1. The van der Waals surface area contributed by atoms with Crippen molar-refractivity contribution in [3.05, 3.63) is 88.9 Å². The topological polar surface area (TPSA) is 90.5 Å². The average Bonchev–Trinajstić information content (AvgIpc) is 2.84. The molecule has 3 aromatic carbocycles. The Kier molecular flexibility index (Phi) is 8.14. The number of piperidine rings is 1. The number of hydrogen-bond acceptors (Lipinski definition) is 4. The number of phenols is 1. The van der Waals surface area contributed by atoms with Crippen molar-refractivity contribution in [3.63, 3.8) is 0 Å². The molecule has 1 saturated heterocycles. The lowest BCUT2D eigenvalue weighted by atomic mass is 9.79. The molecule has 1 atom stereocenters. The second-order valence-electron chi connectivity index (χ2n) is 11.5. The minimum Gasteiger partial charge on any atom is -0.508 e. The summed E-state index contributed by atoms with van der Waals surface area (Å²) >= 11 is 6.23. The Morgan fingerprint density at radius 1 is 0.947 bits per heavy atom. The van der Waals surface area contributed by atoms with Crippen molar-refractivity contribution in [2.75, 3.05) is 0 Å². The Morgan fingerprint density at radius 2 is 1.55 bits per heavy atom. The highest BCUT2D eigenvalue weighted by Gasteiger charge is 2.39. The molecule has 200 valence electrons. The summed E-state index contributed by atoms with van der Waals surface area (Å²) < 4.78 is 0. The molecule has 0 bridgehead atoms. The summed E-state index contributed by atoms with van der Waals surface area (Å²) in [7, 11) is 0. The summed E-state index contributed by atoms with van der Waals surface area (Å²) in [5.41, 5.74) is 2.94. The Morgan fingerprint density at radius 3 is 2.18 bits per heavy atom. The van der Waals surface area contributed by atoms with Gasteiger partial charge in [-0.25, -0.2) is 0 Å². The predicted molar refractivity (Wildman–Crippen MR) is 152 cm³/mol. The molecule has 3 aromatic rings. The van der Waals surface area contributed by atoms with E-state index in [1.54, 1.807) is 0 Å². The number of halogens is 1.